The monoisotopic (exact) mass is 321 g/mol. The number of nitrogens with zero attached hydrogens (tertiary/aromatic N) is 3. The first-order valence-corrected chi connectivity index (χ1v) is 7.82. The van der Waals surface area contributed by atoms with Gasteiger partial charge in [0.05, 0.1) is 5.92 Å². The third-order valence-corrected chi connectivity index (χ3v) is 4.01. The summed E-state index contributed by atoms with van der Waals surface area (Å²) in [5, 5.41) is 16.1. The number of aryl methyl sites for hydroxylation is 1. The second-order valence-corrected chi connectivity index (χ2v) is 5.70. The molecule has 2 aromatic rings. The zero-order valence-electron chi connectivity index (χ0n) is 12.7. The molecule has 2 heterocycles. The lowest BCUT2D eigenvalue weighted by Crippen LogP contribution is -2.34. The van der Waals surface area contributed by atoms with Crippen molar-refractivity contribution in [3.05, 3.63) is 24.2 Å². The summed E-state index contributed by atoms with van der Waals surface area (Å²) in [4.78, 5) is 20.5. The number of anilines is 2. The lowest BCUT2D eigenvalue weighted by molar-refractivity contribution is -0.119. The van der Waals surface area contributed by atoms with Gasteiger partial charge in [0.1, 0.15) is 5.82 Å². The average Bonchev–Trinajstić information content (AvgIpc) is 2.96. The van der Waals surface area contributed by atoms with Gasteiger partial charge in [-0.2, -0.15) is 4.37 Å². The number of amides is 1. The van der Waals surface area contributed by atoms with Crippen LogP contribution in [0.15, 0.2) is 18.3 Å². The van der Waals surface area contributed by atoms with Gasteiger partial charge >= 0.3 is 0 Å². The standard InChI is InChI=1S/C14H19N5O2S/c1-4-11-17-14(22-19-11)16-9(3)8(2)13(21)18-12-10(20)6-5-7-15-12/h5-9,20H,4H2,1-3H3,(H,15,18,21)(H,16,17,19)/t8-,9+/m0/s1. The Kier molecular flexibility index (Phi) is 5.26. The van der Waals surface area contributed by atoms with Gasteiger partial charge in [0.15, 0.2) is 11.6 Å². The molecule has 0 saturated heterocycles. The lowest BCUT2D eigenvalue weighted by atomic mass is 10.0. The summed E-state index contributed by atoms with van der Waals surface area (Å²) >= 11 is 1.28. The molecule has 7 nitrogen and oxygen atoms in total. The van der Waals surface area contributed by atoms with Crippen molar-refractivity contribution in [2.75, 3.05) is 10.6 Å². The molecular formula is C14H19N5O2S. The number of aromatic hydroxyl groups is 1. The second-order valence-electron chi connectivity index (χ2n) is 4.95. The molecule has 0 spiro atoms. The lowest BCUT2D eigenvalue weighted by Gasteiger charge is -2.20. The molecule has 0 aromatic carbocycles. The Balaban J connectivity index is 1.96. The smallest absolute Gasteiger partial charge is 0.230 e. The Morgan fingerprint density at radius 3 is 2.86 bits per heavy atom. The molecule has 8 heteroatoms. The van der Waals surface area contributed by atoms with Gasteiger partial charge in [0.2, 0.25) is 11.0 Å². The van der Waals surface area contributed by atoms with Crippen LogP contribution in [0.2, 0.25) is 0 Å². The number of carbonyl (C=O) groups is 1. The van der Waals surface area contributed by atoms with Gasteiger partial charge in [0, 0.05) is 30.2 Å². The third-order valence-electron chi connectivity index (χ3n) is 3.33. The molecule has 3 N–H and O–H groups in total. The summed E-state index contributed by atoms with van der Waals surface area (Å²) in [5.74, 6) is 0.330. The van der Waals surface area contributed by atoms with E-state index in [2.05, 4.69) is 25.0 Å². The molecule has 0 aliphatic rings. The minimum atomic E-state index is -0.338. The van der Waals surface area contributed by atoms with Gasteiger partial charge in [0.25, 0.3) is 0 Å². The van der Waals surface area contributed by atoms with Crippen molar-refractivity contribution in [3.63, 3.8) is 0 Å². The van der Waals surface area contributed by atoms with E-state index in [0.717, 1.165) is 12.2 Å². The Morgan fingerprint density at radius 1 is 1.45 bits per heavy atom. The van der Waals surface area contributed by atoms with E-state index in [-0.39, 0.29) is 29.4 Å². The van der Waals surface area contributed by atoms with Crippen LogP contribution in [0.3, 0.4) is 0 Å². The van der Waals surface area contributed by atoms with Gasteiger partial charge in [-0.05, 0) is 19.1 Å². The minimum Gasteiger partial charge on any atom is -0.504 e. The van der Waals surface area contributed by atoms with E-state index in [1.807, 2.05) is 13.8 Å². The van der Waals surface area contributed by atoms with Crippen LogP contribution in [-0.2, 0) is 11.2 Å². The first-order valence-electron chi connectivity index (χ1n) is 7.05. The Morgan fingerprint density at radius 2 is 2.23 bits per heavy atom. The summed E-state index contributed by atoms with van der Waals surface area (Å²) in [6.07, 6.45) is 2.29. The van der Waals surface area contributed by atoms with E-state index in [1.54, 1.807) is 13.0 Å². The Bertz CT molecular complexity index is 646. The molecule has 2 aromatic heterocycles. The van der Waals surface area contributed by atoms with Gasteiger partial charge in [-0.15, -0.1) is 0 Å². The fourth-order valence-electron chi connectivity index (χ4n) is 1.73. The zero-order chi connectivity index (χ0) is 16.1. The van der Waals surface area contributed by atoms with Crippen LogP contribution in [0.25, 0.3) is 0 Å². The van der Waals surface area contributed by atoms with E-state index < -0.39 is 0 Å². The number of pyridine rings is 1. The Hall–Kier alpha value is -2.22. The number of hydrogen-bond acceptors (Lipinski definition) is 7. The molecule has 0 aliphatic carbocycles. The Labute approximate surface area is 133 Å². The molecule has 0 saturated carbocycles. The number of nitrogens with one attached hydrogen (secondary N) is 2. The maximum absolute atomic E-state index is 12.2. The van der Waals surface area contributed by atoms with E-state index >= 15 is 0 Å². The predicted molar refractivity (Wildman–Crippen MR) is 86.1 cm³/mol. The highest BCUT2D eigenvalue weighted by molar-refractivity contribution is 7.09. The number of carbonyl (C=O) groups excluding carboxylic acids is 1. The molecule has 118 valence electrons. The molecule has 0 fully saturated rings. The number of rotatable bonds is 6. The van der Waals surface area contributed by atoms with Crippen LogP contribution >= 0.6 is 11.5 Å². The number of hydrogen-bond donors (Lipinski definition) is 3. The first kappa shape index (κ1) is 16.2. The van der Waals surface area contributed by atoms with Crippen molar-refractivity contribution < 1.29 is 9.90 Å². The van der Waals surface area contributed by atoms with Crippen LogP contribution in [0.5, 0.6) is 5.75 Å². The van der Waals surface area contributed by atoms with E-state index in [1.165, 1.54) is 23.8 Å². The summed E-state index contributed by atoms with van der Waals surface area (Å²) in [5.41, 5.74) is 0. The van der Waals surface area contributed by atoms with E-state index in [9.17, 15) is 9.90 Å². The average molecular weight is 321 g/mol. The van der Waals surface area contributed by atoms with Gasteiger partial charge < -0.3 is 15.7 Å². The van der Waals surface area contributed by atoms with Crippen molar-refractivity contribution in [2.24, 2.45) is 5.92 Å². The highest BCUT2D eigenvalue weighted by Crippen LogP contribution is 2.21. The zero-order valence-corrected chi connectivity index (χ0v) is 13.5. The largest absolute Gasteiger partial charge is 0.504 e. The van der Waals surface area contributed by atoms with Gasteiger partial charge in [-0.3, -0.25) is 4.79 Å². The van der Waals surface area contributed by atoms with Crippen molar-refractivity contribution in [1.29, 1.82) is 0 Å². The first-order chi connectivity index (χ1) is 10.5. The molecule has 0 aliphatic heterocycles. The molecule has 1 amide bonds. The highest BCUT2D eigenvalue weighted by Gasteiger charge is 2.22. The van der Waals surface area contributed by atoms with Crippen LogP contribution < -0.4 is 10.6 Å². The molecular weight excluding hydrogens is 302 g/mol. The van der Waals surface area contributed by atoms with Crippen molar-refractivity contribution >= 4 is 28.4 Å². The quantitative estimate of drug-likeness (QED) is 0.755. The van der Waals surface area contributed by atoms with Crippen LogP contribution in [0.4, 0.5) is 10.9 Å². The van der Waals surface area contributed by atoms with Crippen molar-refractivity contribution in [1.82, 2.24) is 14.3 Å². The number of aromatic nitrogens is 3. The van der Waals surface area contributed by atoms with Crippen LogP contribution in [-0.4, -0.2) is 31.4 Å². The minimum absolute atomic E-state index is 0.0552. The maximum atomic E-state index is 12.2. The summed E-state index contributed by atoms with van der Waals surface area (Å²) in [7, 11) is 0. The summed E-state index contributed by atoms with van der Waals surface area (Å²) in [6.45, 7) is 5.69. The highest BCUT2D eigenvalue weighted by atomic mass is 32.1. The maximum Gasteiger partial charge on any atom is 0.230 e. The van der Waals surface area contributed by atoms with Crippen molar-refractivity contribution in [2.45, 2.75) is 33.2 Å². The second kappa shape index (κ2) is 7.17. The summed E-state index contributed by atoms with van der Waals surface area (Å²) in [6, 6.07) is 2.94. The van der Waals surface area contributed by atoms with Crippen molar-refractivity contribution in [3.8, 4) is 5.75 Å². The predicted octanol–water partition coefficient (Wildman–Crippen LogP) is 2.28. The van der Waals surface area contributed by atoms with Gasteiger partial charge in [-0.1, -0.05) is 13.8 Å². The summed E-state index contributed by atoms with van der Waals surface area (Å²) < 4.78 is 4.20. The van der Waals surface area contributed by atoms with Crippen LogP contribution in [0, 0.1) is 5.92 Å². The fraction of sp³-hybridized carbons (Fsp3) is 0.429. The molecule has 22 heavy (non-hydrogen) atoms. The molecule has 0 bridgehead atoms. The van der Waals surface area contributed by atoms with Gasteiger partial charge in [-0.25, -0.2) is 9.97 Å². The third kappa shape index (κ3) is 3.91. The molecule has 2 rings (SSSR count). The van der Waals surface area contributed by atoms with Crippen LogP contribution in [0.1, 0.15) is 26.6 Å². The fourth-order valence-corrected chi connectivity index (χ4v) is 2.47. The molecule has 2 atom stereocenters. The SMILES string of the molecule is CCc1nsc(N[C@H](C)[C@H](C)C(=O)Nc2ncccc2O)n1. The van der Waals surface area contributed by atoms with E-state index in [4.69, 9.17) is 0 Å². The molecule has 0 radical (unpaired) electrons. The molecule has 0 unspecified atom stereocenters. The van der Waals surface area contributed by atoms with E-state index in [0.29, 0.717) is 5.13 Å². The topological polar surface area (TPSA) is 100 Å². The normalized spacial score (nSPS) is 13.4.